The van der Waals surface area contributed by atoms with Crippen LogP contribution in [0.4, 0.5) is 16.2 Å². The number of rotatable bonds is 10. The number of amides is 4. The third-order valence-corrected chi connectivity index (χ3v) is 6.05. The summed E-state index contributed by atoms with van der Waals surface area (Å²) in [6.45, 7) is 3.80. The highest BCUT2D eigenvalue weighted by Crippen LogP contribution is 2.29. The summed E-state index contributed by atoms with van der Waals surface area (Å²) in [4.78, 5) is 70.7. The van der Waals surface area contributed by atoms with Crippen LogP contribution in [0.1, 0.15) is 46.7 Å². The Morgan fingerprint density at radius 2 is 1.57 bits per heavy atom. The van der Waals surface area contributed by atoms with Gasteiger partial charge in [-0.2, -0.15) is 0 Å². The Balaban J connectivity index is 1.56. The first-order valence-electron chi connectivity index (χ1n) is 12.7. The molecule has 1 fully saturated rings. The first-order valence-corrected chi connectivity index (χ1v) is 12.7. The second-order valence-corrected chi connectivity index (χ2v) is 8.74. The number of nitrogens with one attached hydrogen (secondary N) is 1. The zero-order valence-electron chi connectivity index (χ0n) is 22.0. The maximum Gasteiger partial charge on any atom is 0.338 e. The third-order valence-electron chi connectivity index (χ3n) is 6.05. The van der Waals surface area contributed by atoms with Crippen molar-refractivity contribution in [2.45, 2.75) is 32.9 Å². The van der Waals surface area contributed by atoms with E-state index in [0.717, 1.165) is 4.90 Å². The minimum atomic E-state index is -1.12. The molecule has 1 saturated heterocycles. The minimum absolute atomic E-state index is 0.000880. The van der Waals surface area contributed by atoms with E-state index in [9.17, 15) is 24.0 Å². The number of ether oxygens (including phenoxy) is 2. The molecular weight excluding hydrogens is 516 g/mol. The van der Waals surface area contributed by atoms with Crippen molar-refractivity contribution in [1.82, 2.24) is 9.88 Å². The molecule has 1 aromatic heterocycles. The summed E-state index contributed by atoms with van der Waals surface area (Å²) >= 11 is 0. The Hall–Kier alpha value is -5.06. The topological polar surface area (TPSA) is 135 Å². The smallest absolute Gasteiger partial charge is 0.338 e. The number of benzene rings is 2. The van der Waals surface area contributed by atoms with Crippen molar-refractivity contribution in [3.05, 3.63) is 89.7 Å². The molecule has 0 bridgehead atoms. The molecule has 2 heterocycles. The lowest BCUT2D eigenvalue weighted by atomic mass is 10.1. The summed E-state index contributed by atoms with van der Waals surface area (Å²) in [6.07, 6.45) is 1.24. The van der Waals surface area contributed by atoms with Crippen molar-refractivity contribution >= 4 is 41.2 Å². The molecule has 11 heteroatoms. The fourth-order valence-corrected chi connectivity index (χ4v) is 4.20. The molecule has 0 saturated carbocycles. The van der Waals surface area contributed by atoms with Gasteiger partial charge < -0.3 is 19.7 Å². The molecule has 1 aliphatic heterocycles. The fraction of sp³-hybridized carbons (Fsp3) is 0.241. The molecule has 4 amide bonds. The second kappa shape index (κ2) is 12.7. The number of carbonyl (C=O) groups excluding carboxylic acids is 5. The minimum Gasteiger partial charge on any atom is -0.462 e. The van der Waals surface area contributed by atoms with Gasteiger partial charge in [0.25, 0.3) is 5.91 Å². The maximum absolute atomic E-state index is 13.6. The third kappa shape index (κ3) is 6.32. The van der Waals surface area contributed by atoms with Gasteiger partial charge in [0.1, 0.15) is 6.04 Å². The zero-order valence-corrected chi connectivity index (χ0v) is 22.0. The average Bonchev–Trinajstić information content (AvgIpc) is 3.17. The molecule has 0 spiro atoms. The largest absolute Gasteiger partial charge is 0.462 e. The van der Waals surface area contributed by atoms with Gasteiger partial charge in [-0.3, -0.25) is 14.6 Å². The van der Waals surface area contributed by atoms with Crippen LogP contribution in [0.15, 0.2) is 72.9 Å². The molecule has 3 aromatic rings. The Morgan fingerprint density at radius 3 is 2.23 bits per heavy atom. The number of hydrogen-bond acceptors (Lipinski definition) is 8. The molecular formula is C29H28N4O7. The number of pyridine rings is 1. The Bertz CT molecular complexity index is 1410. The van der Waals surface area contributed by atoms with Crippen molar-refractivity contribution in [2.24, 2.45) is 0 Å². The van der Waals surface area contributed by atoms with Crippen LogP contribution >= 0.6 is 0 Å². The number of esters is 2. The van der Waals surface area contributed by atoms with E-state index in [-0.39, 0.29) is 43.0 Å². The van der Waals surface area contributed by atoms with Crippen molar-refractivity contribution in [1.29, 1.82) is 0 Å². The molecule has 0 radical (unpaired) electrons. The van der Waals surface area contributed by atoms with Gasteiger partial charge in [-0.25, -0.2) is 19.3 Å². The van der Waals surface area contributed by atoms with Crippen LogP contribution in [0.25, 0.3) is 0 Å². The highest BCUT2D eigenvalue weighted by Gasteiger charge is 2.46. The SMILES string of the molecule is CCOC(=O)c1ccc(N2C(=O)[C@H](CC(=O)Nc3cccc(C(=O)OCC)c3)N(Cc3ccccn3)C2=O)cc1. The summed E-state index contributed by atoms with van der Waals surface area (Å²) in [7, 11) is 0. The predicted molar refractivity (Wildman–Crippen MR) is 144 cm³/mol. The molecule has 1 N–H and O–H groups in total. The number of carbonyl (C=O) groups is 5. The standard InChI is InChI=1S/C29H28N4O7/c1-3-39-27(36)19-11-13-23(14-12-19)33-26(35)24(32(29(33)38)18-22-9-5-6-15-30-22)17-25(34)31-21-10-7-8-20(16-21)28(37)40-4-2/h5-16,24H,3-4,17-18H2,1-2H3,(H,31,34)/t24-/m0/s1. The zero-order chi connectivity index (χ0) is 28.6. The van der Waals surface area contributed by atoms with E-state index >= 15 is 0 Å². The van der Waals surface area contributed by atoms with Gasteiger partial charge in [-0.05, 0) is 68.4 Å². The lowest BCUT2D eigenvalue weighted by Crippen LogP contribution is -2.37. The van der Waals surface area contributed by atoms with Gasteiger partial charge in [-0.15, -0.1) is 0 Å². The van der Waals surface area contributed by atoms with Gasteiger partial charge in [0.05, 0.1) is 48.7 Å². The number of aromatic nitrogens is 1. The average molecular weight is 545 g/mol. The first kappa shape index (κ1) is 28.0. The number of anilines is 2. The summed E-state index contributed by atoms with van der Waals surface area (Å²) in [6, 6.07) is 15.6. The van der Waals surface area contributed by atoms with E-state index in [1.54, 1.807) is 56.4 Å². The monoisotopic (exact) mass is 544 g/mol. The second-order valence-electron chi connectivity index (χ2n) is 8.74. The van der Waals surface area contributed by atoms with Crippen LogP contribution in [-0.2, 0) is 25.6 Å². The molecule has 0 unspecified atom stereocenters. The summed E-state index contributed by atoms with van der Waals surface area (Å²) < 4.78 is 9.99. The number of imide groups is 1. The lowest BCUT2D eigenvalue weighted by molar-refractivity contribution is -0.124. The van der Waals surface area contributed by atoms with Crippen LogP contribution in [0, 0.1) is 0 Å². The molecule has 1 atom stereocenters. The van der Waals surface area contributed by atoms with E-state index in [1.807, 2.05) is 0 Å². The highest BCUT2D eigenvalue weighted by atomic mass is 16.5. The van der Waals surface area contributed by atoms with Crippen LogP contribution in [0.5, 0.6) is 0 Å². The van der Waals surface area contributed by atoms with Gasteiger partial charge >= 0.3 is 18.0 Å². The van der Waals surface area contributed by atoms with Gasteiger partial charge in [0.15, 0.2) is 0 Å². The van der Waals surface area contributed by atoms with Crippen LogP contribution in [-0.4, -0.2) is 58.9 Å². The molecule has 1 aliphatic rings. The van der Waals surface area contributed by atoms with Crippen molar-refractivity contribution in [2.75, 3.05) is 23.4 Å². The first-order chi connectivity index (χ1) is 19.3. The van der Waals surface area contributed by atoms with E-state index in [4.69, 9.17) is 9.47 Å². The Morgan fingerprint density at radius 1 is 0.875 bits per heavy atom. The maximum atomic E-state index is 13.6. The van der Waals surface area contributed by atoms with E-state index in [0.29, 0.717) is 11.4 Å². The Kier molecular flexibility index (Phi) is 8.85. The van der Waals surface area contributed by atoms with Gasteiger partial charge in [0, 0.05) is 11.9 Å². The van der Waals surface area contributed by atoms with Crippen LogP contribution in [0.2, 0.25) is 0 Å². The fourth-order valence-electron chi connectivity index (χ4n) is 4.20. The highest BCUT2D eigenvalue weighted by molar-refractivity contribution is 6.22. The Labute approximate surface area is 230 Å². The molecule has 206 valence electrons. The van der Waals surface area contributed by atoms with Crippen LogP contribution < -0.4 is 10.2 Å². The van der Waals surface area contributed by atoms with Crippen molar-refractivity contribution < 1.29 is 33.4 Å². The lowest BCUT2D eigenvalue weighted by Gasteiger charge is -2.21. The van der Waals surface area contributed by atoms with E-state index < -0.39 is 35.8 Å². The predicted octanol–water partition coefficient (Wildman–Crippen LogP) is 3.80. The number of urea groups is 1. The molecule has 11 nitrogen and oxygen atoms in total. The van der Waals surface area contributed by atoms with E-state index in [1.165, 1.54) is 35.2 Å². The summed E-state index contributed by atoms with van der Waals surface area (Å²) in [5.74, 6) is -2.18. The molecule has 0 aliphatic carbocycles. The van der Waals surface area contributed by atoms with Crippen molar-refractivity contribution in [3.8, 4) is 0 Å². The number of hydrogen-bond donors (Lipinski definition) is 1. The molecule has 2 aromatic carbocycles. The van der Waals surface area contributed by atoms with Crippen LogP contribution in [0.3, 0.4) is 0 Å². The summed E-state index contributed by atoms with van der Waals surface area (Å²) in [5.41, 5.74) is 1.67. The normalized spacial score (nSPS) is 14.7. The molecule has 40 heavy (non-hydrogen) atoms. The number of nitrogens with zero attached hydrogens (tertiary/aromatic N) is 3. The summed E-state index contributed by atoms with van der Waals surface area (Å²) in [5, 5.41) is 2.69. The van der Waals surface area contributed by atoms with Crippen molar-refractivity contribution in [3.63, 3.8) is 0 Å². The molecule has 4 rings (SSSR count). The van der Waals surface area contributed by atoms with E-state index in [2.05, 4.69) is 10.3 Å². The van der Waals surface area contributed by atoms with Gasteiger partial charge in [0.2, 0.25) is 5.91 Å². The quantitative estimate of drug-likeness (QED) is 0.301. The van der Waals surface area contributed by atoms with Gasteiger partial charge in [-0.1, -0.05) is 12.1 Å².